The zero-order valence-corrected chi connectivity index (χ0v) is 12.9. The number of halogens is 1. The lowest BCUT2D eigenvalue weighted by Crippen LogP contribution is -2.41. The largest absolute Gasteiger partial charge is 0.370 e. The number of benzene rings is 1. The molecule has 0 aromatic heterocycles. The van der Waals surface area contributed by atoms with Crippen LogP contribution in [0.15, 0.2) is 29.3 Å². The first-order chi connectivity index (χ1) is 10.1. The van der Waals surface area contributed by atoms with Crippen molar-refractivity contribution < 1.29 is 4.39 Å². The maximum absolute atomic E-state index is 13.4. The first-order valence-corrected chi connectivity index (χ1v) is 7.54. The average molecular weight is 292 g/mol. The molecule has 0 amide bonds. The third-order valence-corrected chi connectivity index (χ3v) is 3.96. The lowest BCUT2D eigenvalue weighted by Gasteiger charge is -2.28. The second-order valence-corrected chi connectivity index (χ2v) is 5.78. The zero-order valence-electron chi connectivity index (χ0n) is 12.9. The van der Waals surface area contributed by atoms with Crippen LogP contribution in [0.3, 0.4) is 0 Å². The summed E-state index contributed by atoms with van der Waals surface area (Å²) in [5.41, 5.74) is 7.01. The van der Waals surface area contributed by atoms with E-state index in [-0.39, 0.29) is 11.9 Å². The Hall–Kier alpha value is -1.62. The molecule has 0 bridgehead atoms. The predicted molar refractivity (Wildman–Crippen MR) is 84.7 cm³/mol. The van der Waals surface area contributed by atoms with Crippen LogP contribution in [0.1, 0.15) is 30.9 Å². The Bertz CT molecular complexity index is 481. The second kappa shape index (κ2) is 7.41. The lowest BCUT2D eigenvalue weighted by atomic mass is 10.1. The Labute approximate surface area is 126 Å². The summed E-state index contributed by atoms with van der Waals surface area (Å²) in [5.74, 6) is 0.394. The molecule has 0 saturated carbocycles. The number of guanidine groups is 1. The fourth-order valence-electron chi connectivity index (χ4n) is 2.68. The summed E-state index contributed by atoms with van der Waals surface area (Å²) < 4.78 is 13.4. The molecule has 1 fully saturated rings. The highest BCUT2D eigenvalue weighted by Gasteiger charge is 2.16. The Balaban J connectivity index is 2.06. The highest BCUT2D eigenvalue weighted by Crippen LogP contribution is 2.19. The molecule has 0 spiro atoms. The van der Waals surface area contributed by atoms with Gasteiger partial charge in [0.05, 0.1) is 12.6 Å². The van der Waals surface area contributed by atoms with E-state index in [1.165, 1.54) is 25.3 Å². The molecular formula is C16H25FN4. The van der Waals surface area contributed by atoms with Crippen LogP contribution in [0.25, 0.3) is 0 Å². The van der Waals surface area contributed by atoms with Gasteiger partial charge in [-0.15, -0.1) is 0 Å². The number of piperidine rings is 1. The number of rotatable bonds is 4. The lowest BCUT2D eigenvalue weighted by molar-refractivity contribution is 0.301. The van der Waals surface area contributed by atoms with Crippen LogP contribution in [0.4, 0.5) is 4.39 Å². The molecule has 4 nitrogen and oxygen atoms in total. The van der Waals surface area contributed by atoms with E-state index in [4.69, 9.17) is 5.73 Å². The molecule has 1 saturated heterocycles. The van der Waals surface area contributed by atoms with E-state index in [9.17, 15) is 4.39 Å². The van der Waals surface area contributed by atoms with Crippen molar-refractivity contribution in [3.8, 4) is 0 Å². The minimum Gasteiger partial charge on any atom is -0.370 e. The van der Waals surface area contributed by atoms with Gasteiger partial charge >= 0.3 is 0 Å². The quantitative estimate of drug-likeness (QED) is 0.684. The van der Waals surface area contributed by atoms with Crippen LogP contribution in [0.5, 0.6) is 0 Å². The van der Waals surface area contributed by atoms with Gasteiger partial charge in [-0.1, -0.05) is 12.1 Å². The number of hydrogen-bond donors (Lipinski definition) is 1. The fourth-order valence-corrected chi connectivity index (χ4v) is 2.68. The van der Waals surface area contributed by atoms with Crippen LogP contribution in [-0.4, -0.2) is 49.5 Å². The Kier molecular flexibility index (Phi) is 5.56. The molecule has 1 heterocycles. The van der Waals surface area contributed by atoms with Crippen LogP contribution in [-0.2, 0) is 0 Å². The Morgan fingerprint density at radius 1 is 1.33 bits per heavy atom. The van der Waals surface area contributed by atoms with E-state index in [1.807, 2.05) is 25.1 Å². The van der Waals surface area contributed by atoms with Crippen molar-refractivity contribution in [2.45, 2.75) is 25.3 Å². The molecule has 21 heavy (non-hydrogen) atoms. The van der Waals surface area contributed by atoms with E-state index in [0.717, 1.165) is 18.7 Å². The van der Waals surface area contributed by atoms with Gasteiger partial charge < -0.3 is 15.5 Å². The molecule has 0 radical (unpaired) electrons. The number of nitrogens with zero attached hydrogens (tertiary/aromatic N) is 3. The van der Waals surface area contributed by atoms with Gasteiger partial charge in [0.25, 0.3) is 0 Å². The fraction of sp³-hybridized carbons (Fsp3) is 0.562. The highest BCUT2D eigenvalue weighted by atomic mass is 19.1. The minimum absolute atomic E-state index is 0.0315. The molecule has 1 unspecified atom stereocenters. The number of likely N-dealkylation sites (N-methyl/N-ethyl adjacent to an activating group) is 1. The maximum atomic E-state index is 13.4. The summed E-state index contributed by atoms with van der Waals surface area (Å²) in [5, 5.41) is 0. The monoisotopic (exact) mass is 292 g/mol. The third kappa shape index (κ3) is 4.43. The molecule has 1 aliphatic rings. The second-order valence-electron chi connectivity index (χ2n) is 5.78. The molecule has 0 aliphatic carbocycles. The van der Waals surface area contributed by atoms with Crippen LogP contribution in [0.2, 0.25) is 0 Å². The summed E-state index contributed by atoms with van der Waals surface area (Å²) in [6.45, 7) is 2.52. The van der Waals surface area contributed by atoms with Crippen molar-refractivity contribution in [2.75, 3.05) is 33.7 Å². The first-order valence-electron chi connectivity index (χ1n) is 7.54. The number of aliphatic imine (C=N–C) groups is 1. The topological polar surface area (TPSA) is 44.9 Å². The average Bonchev–Trinajstić information content (AvgIpc) is 2.48. The van der Waals surface area contributed by atoms with E-state index >= 15 is 0 Å². The number of nitrogens with two attached hydrogens (primary N) is 1. The highest BCUT2D eigenvalue weighted by molar-refractivity contribution is 5.78. The molecule has 1 aromatic carbocycles. The van der Waals surface area contributed by atoms with Gasteiger partial charge in [0.1, 0.15) is 5.82 Å². The number of hydrogen-bond acceptors (Lipinski definition) is 2. The molecule has 1 aromatic rings. The third-order valence-electron chi connectivity index (χ3n) is 3.96. The van der Waals surface area contributed by atoms with Gasteiger partial charge in [-0.25, -0.2) is 4.39 Å². The summed E-state index contributed by atoms with van der Waals surface area (Å²) in [4.78, 5) is 8.72. The summed E-state index contributed by atoms with van der Waals surface area (Å²) in [6, 6.07) is 6.72. The molecule has 5 heteroatoms. The SMILES string of the molecule is CN(C)C(CN=C(N)N1CCCCC1)c1cccc(F)c1. The summed E-state index contributed by atoms with van der Waals surface area (Å²) >= 11 is 0. The molecule has 1 atom stereocenters. The van der Waals surface area contributed by atoms with Crippen molar-refractivity contribution in [1.82, 2.24) is 9.80 Å². The predicted octanol–water partition coefficient (Wildman–Crippen LogP) is 2.23. The van der Waals surface area contributed by atoms with E-state index in [1.54, 1.807) is 12.1 Å². The van der Waals surface area contributed by atoms with E-state index in [2.05, 4.69) is 9.89 Å². The molecular weight excluding hydrogens is 267 g/mol. The normalized spacial score (nSPS) is 18.1. The number of likely N-dealkylation sites (tertiary alicyclic amines) is 1. The first kappa shape index (κ1) is 15.8. The van der Waals surface area contributed by atoms with Crippen LogP contribution in [0, 0.1) is 5.82 Å². The smallest absolute Gasteiger partial charge is 0.191 e. The standard InChI is InChI=1S/C16H25FN4/c1-20(2)15(13-7-6-8-14(17)11-13)12-19-16(18)21-9-4-3-5-10-21/h6-8,11,15H,3-5,9-10,12H2,1-2H3,(H2,18,19). The van der Waals surface area contributed by atoms with Crippen molar-refractivity contribution in [1.29, 1.82) is 0 Å². The van der Waals surface area contributed by atoms with Crippen LogP contribution >= 0.6 is 0 Å². The van der Waals surface area contributed by atoms with Crippen molar-refractivity contribution in [3.05, 3.63) is 35.6 Å². The zero-order chi connectivity index (χ0) is 15.2. The van der Waals surface area contributed by atoms with Gasteiger partial charge in [-0.2, -0.15) is 0 Å². The van der Waals surface area contributed by atoms with Crippen molar-refractivity contribution >= 4 is 5.96 Å². The molecule has 116 valence electrons. The van der Waals surface area contributed by atoms with Crippen molar-refractivity contribution in [3.63, 3.8) is 0 Å². The Morgan fingerprint density at radius 3 is 2.67 bits per heavy atom. The molecule has 1 aliphatic heterocycles. The molecule has 2 N–H and O–H groups in total. The van der Waals surface area contributed by atoms with Gasteiger partial charge in [0.2, 0.25) is 0 Å². The van der Waals surface area contributed by atoms with Gasteiger partial charge in [-0.05, 0) is 51.1 Å². The molecule has 2 rings (SSSR count). The Morgan fingerprint density at radius 2 is 2.05 bits per heavy atom. The van der Waals surface area contributed by atoms with E-state index in [0.29, 0.717) is 12.5 Å². The van der Waals surface area contributed by atoms with Gasteiger partial charge in [-0.3, -0.25) is 4.99 Å². The van der Waals surface area contributed by atoms with E-state index < -0.39 is 0 Å². The van der Waals surface area contributed by atoms with Gasteiger partial charge in [0, 0.05) is 13.1 Å². The summed E-state index contributed by atoms with van der Waals surface area (Å²) in [7, 11) is 3.95. The van der Waals surface area contributed by atoms with Crippen LogP contribution < -0.4 is 5.73 Å². The van der Waals surface area contributed by atoms with Gasteiger partial charge in [0.15, 0.2) is 5.96 Å². The summed E-state index contributed by atoms with van der Waals surface area (Å²) in [6.07, 6.45) is 3.63. The van der Waals surface area contributed by atoms with Crippen molar-refractivity contribution in [2.24, 2.45) is 10.7 Å². The maximum Gasteiger partial charge on any atom is 0.191 e. The minimum atomic E-state index is -0.215.